The Morgan fingerprint density at radius 3 is 2.38 bits per heavy atom. The van der Waals surface area contributed by atoms with Crippen molar-refractivity contribution in [1.29, 1.82) is 0 Å². The molecule has 3 N–H and O–H groups in total. The third-order valence-electron chi connectivity index (χ3n) is 7.05. The van der Waals surface area contributed by atoms with Gasteiger partial charge in [0.15, 0.2) is 0 Å². The number of rotatable bonds is 9. The lowest BCUT2D eigenvalue weighted by molar-refractivity contribution is -0.125. The molecule has 1 saturated heterocycles. The Morgan fingerprint density at radius 2 is 1.81 bits per heavy atom. The maximum absolute atomic E-state index is 13.2. The lowest BCUT2D eigenvalue weighted by Crippen LogP contribution is -2.56. The lowest BCUT2D eigenvalue weighted by Gasteiger charge is -2.51. The average Bonchev–Trinajstić information content (AvgIpc) is 3.02. The first-order chi connectivity index (χ1) is 15.2. The summed E-state index contributed by atoms with van der Waals surface area (Å²) in [5.74, 6) is -0.999. The summed E-state index contributed by atoms with van der Waals surface area (Å²) in [6, 6.07) is 10.4. The van der Waals surface area contributed by atoms with Gasteiger partial charge in [0.05, 0.1) is 18.7 Å². The van der Waals surface area contributed by atoms with Gasteiger partial charge in [0.25, 0.3) is 0 Å². The summed E-state index contributed by atoms with van der Waals surface area (Å²) in [7, 11) is 5.85. The highest BCUT2D eigenvalue weighted by Gasteiger charge is 2.54. The molecule has 2 fully saturated rings. The molecule has 0 bridgehead atoms. The van der Waals surface area contributed by atoms with Gasteiger partial charge in [-0.25, -0.2) is 4.79 Å². The second-order valence-corrected chi connectivity index (χ2v) is 9.04. The molecule has 1 aromatic rings. The number of amides is 4. The average molecular weight is 446 g/mol. The van der Waals surface area contributed by atoms with Crippen molar-refractivity contribution in [3.8, 4) is 0 Å². The fraction of sp³-hybridized carbons (Fsp3) is 0.609. The molecule has 176 valence electrons. The van der Waals surface area contributed by atoms with E-state index >= 15 is 0 Å². The molecule has 1 spiro atoms. The van der Waals surface area contributed by atoms with E-state index in [1.165, 1.54) is 5.56 Å². The van der Waals surface area contributed by atoms with E-state index in [0.717, 1.165) is 25.7 Å². The second-order valence-electron chi connectivity index (χ2n) is 9.04. The minimum atomic E-state index is -0.613. The zero-order valence-electron chi connectivity index (χ0n) is 19.3. The molecule has 0 unspecified atom stereocenters. The summed E-state index contributed by atoms with van der Waals surface area (Å²) in [6.45, 7) is 1.08. The Hall–Kier alpha value is -2.65. The van der Waals surface area contributed by atoms with Gasteiger partial charge >= 0.3 is 6.03 Å². The van der Waals surface area contributed by atoms with Gasteiger partial charge < -0.3 is 25.6 Å². The van der Waals surface area contributed by atoms with Crippen LogP contribution in [0.15, 0.2) is 30.3 Å². The molecule has 2 aliphatic rings. The molecule has 1 aromatic carbocycles. The van der Waals surface area contributed by atoms with Crippen LogP contribution in [0.1, 0.15) is 31.2 Å². The number of methoxy groups -OCH3 is 1. The number of hydrogen-bond acceptors (Lipinski definition) is 5. The zero-order valence-corrected chi connectivity index (χ0v) is 19.3. The predicted molar refractivity (Wildman–Crippen MR) is 121 cm³/mol. The molecule has 1 heterocycles. The molecular formula is C23H35N5O4. The second kappa shape index (κ2) is 9.87. The summed E-state index contributed by atoms with van der Waals surface area (Å²) in [5.41, 5.74) is 5.96. The van der Waals surface area contributed by atoms with Gasteiger partial charge in [0, 0.05) is 25.7 Å². The van der Waals surface area contributed by atoms with Crippen molar-refractivity contribution in [3.05, 3.63) is 35.9 Å². The van der Waals surface area contributed by atoms with Crippen LogP contribution in [0.4, 0.5) is 4.79 Å². The SMILES string of the molecule is COCCN1C(=O)N(CC(=O)NCC(N)=O)C[C@]12CC[C@@](c1ccccc1)(N(C)C)CC2. The van der Waals surface area contributed by atoms with E-state index in [0.29, 0.717) is 19.7 Å². The molecular weight excluding hydrogens is 410 g/mol. The number of carbonyl (C=O) groups excluding carboxylic acids is 3. The van der Waals surface area contributed by atoms with Gasteiger partial charge in [-0.05, 0) is 45.3 Å². The van der Waals surface area contributed by atoms with Gasteiger partial charge in [-0.15, -0.1) is 0 Å². The number of nitrogens with one attached hydrogen (secondary N) is 1. The first-order valence-corrected chi connectivity index (χ1v) is 11.1. The number of ether oxygens (including phenoxy) is 1. The number of primary amides is 1. The first kappa shape index (κ1) is 24.0. The van der Waals surface area contributed by atoms with E-state index in [9.17, 15) is 14.4 Å². The Balaban J connectivity index is 1.79. The van der Waals surface area contributed by atoms with E-state index in [1.807, 2.05) is 11.0 Å². The van der Waals surface area contributed by atoms with E-state index < -0.39 is 5.91 Å². The maximum Gasteiger partial charge on any atom is 0.321 e. The van der Waals surface area contributed by atoms with Crippen molar-refractivity contribution in [2.24, 2.45) is 5.73 Å². The summed E-state index contributed by atoms with van der Waals surface area (Å²) < 4.78 is 5.26. The van der Waals surface area contributed by atoms with Gasteiger partial charge in [-0.3, -0.25) is 14.5 Å². The highest BCUT2D eigenvalue weighted by molar-refractivity contribution is 5.88. The molecule has 4 amide bonds. The minimum absolute atomic E-state index is 0.0884. The normalized spacial score (nSPS) is 25.6. The monoisotopic (exact) mass is 445 g/mol. The number of benzene rings is 1. The molecule has 0 atom stereocenters. The molecule has 3 rings (SSSR count). The van der Waals surface area contributed by atoms with Crippen LogP contribution in [-0.4, -0.2) is 92.1 Å². The lowest BCUT2D eigenvalue weighted by atomic mass is 9.68. The van der Waals surface area contributed by atoms with Gasteiger partial charge in [0.2, 0.25) is 11.8 Å². The van der Waals surface area contributed by atoms with E-state index in [1.54, 1.807) is 12.0 Å². The number of nitrogens with zero attached hydrogens (tertiary/aromatic N) is 3. The number of nitrogens with two attached hydrogens (primary N) is 1. The Morgan fingerprint density at radius 1 is 1.16 bits per heavy atom. The van der Waals surface area contributed by atoms with Crippen LogP contribution in [-0.2, 0) is 19.9 Å². The van der Waals surface area contributed by atoms with Gasteiger partial charge in [-0.2, -0.15) is 0 Å². The van der Waals surface area contributed by atoms with Crippen molar-refractivity contribution < 1.29 is 19.1 Å². The topological polar surface area (TPSA) is 108 Å². The number of hydrogen-bond donors (Lipinski definition) is 2. The highest BCUT2D eigenvalue weighted by atomic mass is 16.5. The summed E-state index contributed by atoms with van der Waals surface area (Å²) >= 11 is 0. The predicted octanol–water partition coefficient (Wildman–Crippen LogP) is 0.742. The van der Waals surface area contributed by atoms with Crippen LogP contribution in [0.2, 0.25) is 0 Å². The van der Waals surface area contributed by atoms with Crippen LogP contribution in [0.5, 0.6) is 0 Å². The molecule has 9 nitrogen and oxygen atoms in total. The third kappa shape index (κ3) is 4.73. The zero-order chi connectivity index (χ0) is 23.4. The Labute approximate surface area is 189 Å². The Bertz CT molecular complexity index is 821. The molecule has 0 radical (unpaired) electrons. The molecule has 1 saturated carbocycles. The highest BCUT2D eigenvalue weighted by Crippen LogP contribution is 2.48. The van der Waals surface area contributed by atoms with E-state index in [2.05, 4.69) is 48.6 Å². The van der Waals surface area contributed by atoms with Crippen LogP contribution < -0.4 is 11.1 Å². The van der Waals surface area contributed by atoms with Crippen molar-refractivity contribution in [3.63, 3.8) is 0 Å². The van der Waals surface area contributed by atoms with Crippen molar-refractivity contribution in [2.45, 2.75) is 36.8 Å². The largest absolute Gasteiger partial charge is 0.383 e. The third-order valence-corrected chi connectivity index (χ3v) is 7.05. The first-order valence-electron chi connectivity index (χ1n) is 11.1. The number of carbonyl (C=O) groups is 3. The Kier molecular flexibility index (Phi) is 7.40. The fourth-order valence-corrected chi connectivity index (χ4v) is 5.24. The van der Waals surface area contributed by atoms with Crippen LogP contribution in [0.3, 0.4) is 0 Å². The quantitative estimate of drug-likeness (QED) is 0.583. The number of urea groups is 1. The van der Waals surface area contributed by atoms with E-state index in [4.69, 9.17) is 10.5 Å². The van der Waals surface area contributed by atoms with Crippen LogP contribution in [0.25, 0.3) is 0 Å². The molecule has 0 aromatic heterocycles. The fourth-order valence-electron chi connectivity index (χ4n) is 5.24. The van der Waals surface area contributed by atoms with Crippen molar-refractivity contribution in [1.82, 2.24) is 20.0 Å². The standard InChI is InChI=1S/C23H35N5O4/c1-26(2)23(18-7-5-4-6-8-18)11-9-22(10-12-23)17-27(16-20(30)25-15-19(24)29)21(31)28(22)13-14-32-3/h4-8H,9-17H2,1-3H3,(H2,24,29)(H,25,30)/t22-,23-. The van der Waals surface area contributed by atoms with E-state index in [-0.39, 0.29) is 36.1 Å². The summed E-state index contributed by atoms with van der Waals surface area (Å²) in [4.78, 5) is 42.2. The molecule has 1 aliphatic carbocycles. The van der Waals surface area contributed by atoms with Crippen LogP contribution >= 0.6 is 0 Å². The smallest absolute Gasteiger partial charge is 0.321 e. The van der Waals surface area contributed by atoms with Crippen LogP contribution in [0, 0.1) is 0 Å². The molecule has 32 heavy (non-hydrogen) atoms. The van der Waals surface area contributed by atoms with Gasteiger partial charge in [0.1, 0.15) is 6.54 Å². The van der Waals surface area contributed by atoms with Crippen molar-refractivity contribution in [2.75, 3.05) is 54.0 Å². The maximum atomic E-state index is 13.2. The molecule has 1 aliphatic heterocycles. The summed E-state index contributed by atoms with van der Waals surface area (Å²) in [5, 5.41) is 2.47. The van der Waals surface area contributed by atoms with Gasteiger partial charge in [-0.1, -0.05) is 30.3 Å². The molecule has 9 heteroatoms. The van der Waals surface area contributed by atoms with Crippen molar-refractivity contribution >= 4 is 17.8 Å². The summed E-state index contributed by atoms with van der Waals surface area (Å²) in [6.07, 6.45) is 3.47. The minimum Gasteiger partial charge on any atom is -0.383 e.